The quantitative estimate of drug-likeness (QED) is 0.838. The molecular formula is C14H19N3OS. The van der Waals surface area contributed by atoms with Gasteiger partial charge in [-0.15, -0.1) is 0 Å². The summed E-state index contributed by atoms with van der Waals surface area (Å²) in [5.74, 6) is 0.0382. The Bertz CT molecular complexity index is 443. The van der Waals surface area contributed by atoms with E-state index in [1.165, 1.54) is 12.8 Å². The van der Waals surface area contributed by atoms with Crippen LogP contribution < -0.4 is 5.73 Å². The van der Waals surface area contributed by atoms with Crippen molar-refractivity contribution in [3.8, 4) is 0 Å². The molecule has 2 rings (SSSR count). The lowest BCUT2D eigenvalue weighted by Crippen LogP contribution is -2.40. The Balaban J connectivity index is 2.11. The van der Waals surface area contributed by atoms with Crippen LogP contribution >= 0.6 is 12.2 Å². The molecule has 1 aliphatic carbocycles. The van der Waals surface area contributed by atoms with Crippen molar-refractivity contribution in [3.63, 3.8) is 0 Å². The number of carbonyl (C=O) groups excluding carboxylic acids is 1. The van der Waals surface area contributed by atoms with Gasteiger partial charge >= 0.3 is 0 Å². The second-order valence-corrected chi connectivity index (χ2v) is 5.42. The van der Waals surface area contributed by atoms with E-state index >= 15 is 0 Å². The molecule has 0 unspecified atom stereocenters. The van der Waals surface area contributed by atoms with Crippen molar-refractivity contribution in [2.24, 2.45) is 5.73 Å². The van der Waals surface area contributed by atoms with Gasteiger partial charge < -0.3 is 10.6 Å². The first-order valence-electron chi connectivity index (χ1n) is 6.68. The molecule has 1 saturated carbocycles. The first kappa shape index (κ1) is 13.9. The maximum Gasteiger partial charge on any atom is 0.255 e. The van der Waals surface area contributed by atoms with E-state index in [2.05, 4.69) is 4.98 Å². The van der Waals surface area contributed by atoms with Gasteiger partial charge in [-0.05, 0) is 25.0 Å². The normalized spacial score (nSPS) is 15.4. The minimum atomic E-state index is 0.0382. The van der Waals surface area contributed by atoms with Crippen molar-refractivity contribution in [2.75, 3.05) is 6.54 Å². The van der Waals surface area contributed by atoms with Crippen LogP contribution in [0.15, 0.2) is 24.5 Å². The minimum Gasteiger partial charge on any atom is -0.393 e. The van der Waals surface area contributed by atoms with Gasteiger partial charge in [0.05, 0.1) is 10.6 Å². The fourth-order valence-corrected chi connectivity index (χ4v) is 2.64. The smallest absolute Gasteiger partial charge is 0.255 e. The average molecular weight is 277 g/mol. The number of hydrogen-bond donors (Lipinski definition) is 1. The molecule has 1 aromatic heterocycles. The Morgan fingerprint density at radius 3 is 2.79 bits per heavy atom. The Kier molecular flexibility index (Phi) is 4.85. The number of aromatic nitrogens is 1. The summed E-state index contributed by atoms with van der Waals surface area (Å²) in [4.78, 5) is 18.9. The molecule has 0 bridgehead atoms. The number of carbonyl (C=O) groups is 1. The van der Waals surface area contributed by atoms with E-state index in [1.807, 2.05) is 4.90 Å². The van der Waals surface area contributed by atoms with Gasteiger partial charge in [0.1, 0.15) is 0 Å². The minimum absolute atomic E-state index is 0.0382. The summed E-state index contributed by atoms with van der Waals surface area (Å²) >= 11 is 4.92. The molecule has 1 fully saturated rings. The van der Waals surface area contributed by atoms with E-state index in [1.54, 1.807) is 24.5 Å². The summed E-state index contributed by atoms with van der Waals surface area (Å²) in [6.45, 7) is 0.605. The lowest BCUT2D eigenvalue weighted by molar-refractivity contribution is 0.0687. The highest BCUT2D eigenvalue weighted by Crippen LogP contribution is 2.25. The van der Waals surface area contributed by atoms with Gasteiger partial charge in [0.25, 0.3) is 5.91 Å². The van der Waals surface area contributed by atoms with Crippen LogP contribution in [0, 0.1) is 0 Å². The number of hydrogen-bond acceptors (Lipinski definition) is 3. The highest BCUT2D eigenvalue weighted by molar-refractivity contribution is 7.80. The second-order valence-electron chi connectivity index (χ2n) is 4.89. The standard InChI is InChI=1S/C14H19N3OS/c15-13(19)7-9-17(12-5-1-2-6-12)14(18)11-4-3-8-16-10-11/h3-4,8,10,12H,1-2,5-7,9H2,(H2,15,19). The van der Waals surface area contributed by atoms with Gasteiger partial charge in [-0.3, -0.25) is 9.78 Å². The predicted molar refractivity (Wildman–Crippen MR) is 78.9 cm³/mol. The van der Waals surface area contributed by atoms with Crippen LogP contribution in [0.3, 0.4) is 0 Å². The molecule has 0 saturated heterocycles. The van der Waals surface area contributed by atoms with Crippen LogP contribution in [0.5, 0.6) is 0 Å². The van der Waals surface area contributed by atoms with Gasteiger partial charge in [0.15, 0.2) is 0 Å². The van der Waals surface area contributed by atoms with Gasteiger partial charge in [-0.2, -0.15) is 0 Å². The number of thiocarbonyl (C=S) groups is 1. The van der Waals surface area contributed by atoms with Crippen molar-refractivity contribution in [2.45, 2.75) is 38.1 Å². The Labute approximate surface area is 119 Å². The average Bonchev–Trinajstić information content (AvgIpc) is 2.93. The maximum atomic E-state index is 12.5. The summed E-state index contributed by atoms with van der Waals surface area (Å²) in [6.07, 6.45) is 8.39. The zero-order chi connectivity index (χ0) is 13.7. The molecule has 1 aliphatic rings. The number of amides is 1. The highest BCUT2D eigenvalue weighted by Gasteiger charge is 2.27. The summed E-state index contributed by atoms with van der Waals surface area (Å²) in [5, 5.41) is 0. The van der Waals surface area contributed by atoms with Crippen molar-refractivity contribution in [1.29, 1.82) is 0 Å². The van der Waals surface area contributed by atoms with Crippen LogP contribution in [0.4, 0.5) is 0 Å². The molecular weight excluding hydrogens is 258 g/mol. The Morgan fingerprint density at radius 1 is 1.47 bits per heavy atom. The van der Waals surface area contributed by atoms with Crippen molar-refractivity contribution in [1.82, 2.24) is 9.88 Å². The van der Waals surface area contributed by atoms with E-state index in [-0.39, 0.29) is 5.91 Å². The van der Waals surface area contributed by atoms with E-state index in [9.17, 15) is 4.79 Å². The molecule has 0 aliphatic heterocycles. The molecule has 2 N–H and O–H groups in total. The summed E-state index contributed by atoms with van der Waals surface area (Å²) in [6, 6.07) is 3.91. The molecule has 5 heteroatoms. The van der Waals surface area contributed by atoms with Gasteiger partial charge in [-0.25, -0.2) is 0 Å². The molecule has 0 spiro atoms. The lowest BCUT2D eigenvalue weighted by Gasteiger charge is -2.29. The zero-order valence-corrected chi connectivity index (χ0v) is 11.7. The van der Waals surface area contributed by atoms with Crippen LogP contribution in [0.25, 0.3) is 0 Å². The number of nitrogens with zero attached hydrogens (tertiary/aromatic N) is 2. The topological polar surface area (TPSA) is 59.2 Å². The zero-order valence-electron chi connectivity index (χ0n) is 10.9. The van der Waals surface area contributed by atoms with Crippen molar-refractivity contribution < 1.29 is 4.79 Å². The third kappa shape index (κ3) is 3.73. The van der Waals surface area contributed by atoms with Gasteiger partial charge in [0, 0.05) is 31.4 Å². The number of nitrogens with two attached hydrogens (primary N) is 1. The monoisotopic (exact) mass is 277 g/mol. The summed E-state index contributed by atoms with van der Waals surface area (Å²) in [5.41, 5.74) is 6.20. The summed E-state index contributed by atoms with van der Waals surface area (Å²) < 4.78 is 0. The van der Waals surface area contributed by atoms with Crippen LogP contribution in [0.1, 0.15) is 42.5 Å². The molecule has 4 nitrogen and oxygen atoms in total. The Hall–Kier alpha value is -1.49. The molecule has 1 amide bonds. The first-order chi connectivity index (χ1) is 9.18. The van der Waals surface area contributed by atoms with E-state index < -0.39 is 0 Å². The van der Waals surface area contributed by atoms with E-state index in [0.717, 1.165) is 12.8 Å². The molecule has 102 valence electrons. The fraction of sp³-hybridized carbons (Fsp3) is 0.500. The fourth-order valence-electron chi connectivity index (χ4n) is 2.55. The van der Waals surface area contributed by atoms with Gasteiger partial charge in [-0.1, -0.05) is 25.1 Å². The molecule has 0 aromatic carbocycles. The molecule has 1 heterocycles. The van der Waals surface area contributed by atoms with Gasteiger partial charge in [0.2, 0.25) is 0 Å². The van der Waals surface area contributed by atoms with Crippen LogP contribution in [0.2, 0.25) is 0 Å². The maximum absolute atomic E-state index is 12.5. The second kappa shape index (κ2) is 6.61. The highest BCUT2D eigenvalue weighted by atomic mass is 32.1. The van der Waals surface area contributed by atoms with Crippen molar-refractivity contribution in [3.05, 3.63) is 30.1 Å². The van der Waals surface area contributed by atoms with E-state index in [0.29, 0.717) is 29.6 Å². The summed E-state index contributed by atoms with van der Waals surface area (Å²) in [7, 11) is 0. The third-order valence-corrected chi connectivity index (χ3v) is 3.74. The first-order valence-corrected chi connectivity index (χ1v) is 7.08. The molecule has 1 aromatic rings. The number of rotatable bonds is 5. The molecule has 19 heavy (non-hydrogen) atoms. The van der Waals surface area contributed by atoms with Crippen LogP contribution in [-0.4, -0.2) is 33.4 Å². The van der Waals surface area contributed by atoms with Crippen LogP contribution in [-0.2, 0) is 0 Å². The van der Waals surface area contributed by atoms with E-state index in [4.69, 9.17) is 18.0 Å². The van der Waals surface area contributed by atoms with Crippen molar-refractivity contribution >= 4 is 23.1 Å². The third-order valence-electron chi connectivity index (χ3n) is 3.53. The lowest BCUT2D eigenvalue weighted by atomic mass is 10.1. The Morgan fingerprint density at radius 2 is 2.21 bits per heavy atom. The number of pyridine rings is 1. The predicted octanol–water partition coefficient (Wildman–Crippen LogP) is 2.14. The largest absolute Gasteiger partial charge is 0.393 e. The molecule has 0 radical (unpaired) electrons. The SMILES string of the molecule is NC(=S)CCN(C(=O)c1cccnc1)C1CCCC1. The molecule has 0 atom stereocenters.